The zero-order chi connectivity index (χ0) is 73.1. The molecule has 0 bridgehead atoms. The van der Waals surface area contributed by atoms with E-state index in [0.717, 1.165) is 83.3 Å². The predicted molar refractivity (Wildman–Crippen MR) is 487 cm³/mol. The number of fused-ring (bicyclic) bond motifs is 4. The Hall–Kier alpha value is -1.40. The molecule has 11 aromatic heterocycles. The third-order valence-corrected chi connectivity index (χ3v) is 69.3. The first-order chi connectivity index (χ1) is 47.1. The van der Waals surface area contributed by atoms with E-state index in [1.54, 1.807) is 94.6 Å². The van der Waals surface area contributed by atoms with Gasteiger partial charge in [0.25, 0.3) is 0 Å². The topological polar surface area (TPSA) is 90.2 Å². The number of hydrogen-bond acceptors (Lipinski definition) is 18. The number of thiazole rings is 7. The van der Waals surface area contributed by atoms with Crippen molar-refractivity contribution in [2.45, 2.75) is 203 Å². The summed E-state index contributed by atoms with van der Waals surface area (Å²) in [4.78, 5) is 42.2. The van der Waals surface area contributed by atoms with E-state index in [1.165, 1.54) is 45.8 Å². The van der Waals surface area contributed by atoms with Crippen molar-refractivity contribution in [3.8, 4) is 60.7 Å². The van der Waals surface area contributed by atoms with Crippen molar-refractivity contribution in [3.05, 3.63) is 105 Å². The molecule has 0 saturated carbocycles. The van der Waals surface area contributed by atoms with Crippen LogP contribution in [0.4, 0.5) is 0 Å². The number of benzene rings is 2. The van der Waals surface area contributed by atoms with Gasteiger partial charge in [0.05, 0.1) is 83.6 Å². The van der Waals surface area contributed by atoms with E-state index >= 15 is 0 Å². The number of rotatable bonds is 19. The molecule has 11 heterocycles. The number of thiophene rings is 4. The summed E-state index contributed by atoms with van der Waals surface area (Å²) < 4.78 is 43.1. The Bertz CT molecular complexity index is 4710. The van der Waals surface area contributed by atoms with Gasteiger partial charge in [-0.1, -0.05) is 103 Å². The molecule has 0 spiro atoms. The fraction of sp³-hybridized carbons (Fsp3) is 0.431. The van der Waals surface area contributed by atoms with Crippen LogP contribution in [-0.4, -0.2) is 65.4 Å². The summed E-state index contributed by atoms with van der Waals surface area (Å²) in [5.74, 6) is 0. The van der Waals surface area contributed by atoms with Gasteiger partial charge in [0.1, 0.15) is 46.2 Å². The van der Waals surface area contributed by atoms with E-state index in [2.05, 4.69) is 248 Å². The maximum atomic E-state index is 8.36. The minimum absolute atomic E-state index is 0. The van der Waals surface area contributed by atoms with Crippen molar-refractivity contribution < 1.29 is 0 Å². The first-order valence-electron chi connectivity index (χ1n) is 34.4. The van der Waals surface area contributed by atoms with E-state index in [4.69, 9.17) is 33.0 Å². The quantitative estimate of drug-likeness (QED) is 0.0452. The van der Waals surface area contributed by atoms with Crippen LogP contribution in [-0.2, 0) is 0 Å². The van der Waals surface area contributed by atoms with E-state index < -0.39 is 41.3 Å². The summed E-state index contributed by atoms with van der Waals surface area (Å²) in [5, 5.41) is 13.6. The van der Waals surface area contributed by atoms with Crippen LogP contribution in [0.1, 0.15) is 147 Å². The Morgan fingerprint density at radius 2 is 0.732 bits per heavy atom. The van der Waals surface area contributed by atoms with Crippen LogP contribution in [0.3, 0.4) is 0 Å². The average molecular weight is 1890 g/mol. The summed E-state index contributed by atoms with van der Waals surface area (Å²) in [5.41, 5.74) is 9.76. The summed E-state index contributed by atoms with van der Waals surface area (Å²) in [6.45, 7) is 47.9. The fourth-order valence-corrected chi connectivity index (χ4v) is 57.0. The molecule has 97 heavy (non-hydrogen) atoms. The molecule has 13 aromatic rings. The number of nitrogens with zero attached hydrogens (tertiary/aromatic N) is 7. The van der Waals surface area contributed by atoms with Crippen LogP contribution in [0.25, 0.3) is 102 Å². The van der Waals surface area contributed by atoms with Gasteiger partial charge < -0.3 is 0 Å². The fourth-order valence-electron chi connectivity index (χ4n) is 15.3. The number of aromatic nitrogens is 7. The van der Waals surface area contributed by atoms with E-state index in [1.807, 2.05) is 70.0 Å². The molecule has 0 fully saturated rings. The van der Waals surface area contributed by atoms with E-state index in [-0.39, 0.29) is 24.1 Å². The number of aryl methyl sites for hydroxylation is 3. The molecule has 1 radical (unpaired) electrons. The second kappa shape index (κ2) is 33.4. The van der Waals surface area contributed by atoms with Gasteiger partial charge in [0.2, 0.25) is 0 Å². The zero-order valence-corrected chi connectivity index (χ0v) is 77.1. The molecule has 0 atom stereocenters. The molecular formula is C72H94BI3N7S11Si3. The molecule has 519 valence electrons. The molecule has 0 aliphatic heterocycles. The van der Waals surface area contributed by atoms with Gasteiger partial charge in [-0.2, -0.15) is 0 Å². The third kappa shape index (κ3) is 15.5. The van der Waals surface area contributed by atoms with Crippen molar-refractivity contribution in [1.82, 2.24) is 34.9 Å². The van der Waals surface area contributed by atoms with Crippen molar-refractivity contribution >= 4 is 267 Å². The van der Waals surface area contributed by atoms with Crippen molar-refractivity contribution in [3.63, 3.8) is 0 Å². The molecule has 0 saturated heterocycles. The minimum atomic E-state index is -4.87. The maximum absolute atomic E-state index is 8.36. The van der Waals surface area contributed by atoms with Crippen LogP contribution >= 0.6 is 189 Å². The van der Waals surface area contributed by atoms with Crippen LogP contribution in [0.15, 0.2) is 83.3 Å². The Labute approximate surface area is 664 Å². The van der Waals surface area contributed by atoms with Gasteiger partial charge in [-0.15, -0.1) is 125 Å². The van der Waals surface area contributed by atoms with Crippen LogP contribution < -0.4 is 9.00 Å². The SMILES string of the molecule is C.Cc1ccc(-c2nc3c(-c4nccs4)c4sc(-c5ccc([Si](C(C)C)(C(C)C)C(C)C)s5)nc4c(-c4nccs4)c3s2)s1.Cc1ccc(-c2nc3c(I)c4sc(-c5ccc([Si](C(C)C)(C(C)C)C(C)C)s5)nc4c(I)c3s2)s1.Cc1nccs1.[2H]I([2H])([3H])([B][3H])[Si](C(C)C)(C(C)C)C(C)C. The van der Waals surface area contributed by atoms with Gasteiger partial charge in [0, 0.05) is 44.5 Å². The average Bonchev–Trinajstić information content (AvgIpc) is 1.70. The van der Waals surface area contributed by atoms with Crippen LogP contribution in [0.2, 0.25) is 49.9 Å². The molecule has 25 heteroatoms. The van der Waals surface area contributed by atoms with E-state index in [9.17, 15) is 0 Å². The molecule has 13 rings (SSSR count). The van der Waals surface area contributed by atoms with Crippen LogP contribution in [0.5, 0.6) is 0 Å². The molecule has 0 unspecified atom stereocenters. The summed E-state index contributed by atoms with van der Waals surface area (Å²) in [7, 11) is -3.41. The Balaban J connectivity index is 0.000000183. The van der Waals surface area contributed by atoms with Gasteiger partial charge in [-0.05, 0) is 145 Å². The molecule has 0 aliphatic rings. The number of hydrogen-bond donors (Lipinski definition) is 0. The molecule has 7 nitrogen and oxygen atoms in total. The second-order valence-electron chi connectivity index (χ2n) is 27.2. The second-order valence-corrected chi connectivity index (χ2v) is 66.3. The molecule has 0 N–H and O–H groups in total. The molecular weight excluding hydrogens is 1790 g/mol. The predicted octanol–water partition coefficient (Wildman–Crippen LogP) is 27.8. The summed E-state index contributed by atoms with van der Waals surface area (Å²) in [6.07, 6.45) is 5.59. The standard InChI is InChI=1S/C32H32N4S6Si.C26H28I2N2S4Si.C9H25BISi.C4H5NS.CH4/c1-16(2)43(17(3)4,18(5)6)22-11-10-21(40-22)30-36-26-24(32-34-13-15-38-32)27-25(23(28(26)42-30)31-33-12-14-37-31)35-29(41-27)20-9-8-19(7)39-20;1-12(2)35(13(3)4,14(5)6)18-11-10-17(32-18)26-30-22-20(28)23-21(19(27)24(22)34-26)29-25(33-23)16-9-8-15(7)31-16;1-7(2)12(11-10,8(3)4)9(5)6;1-4-5-2-3-6-4;/h8-18H,1-7H3;8-14H,1-7H3;7-10H,1-6,11H3;2-3H,1H3;1H4/i;;10T,11TD2;;. The zero-order valence-electron chi connectivity index (χ0n) is 62.6. The summed E-state index contributed by atoms with van der Waals surface area (Å²) >= 11 is 19.9. The van der Waals surface area contributed by atoms with Gasteiger partial charge in [-0.3, -0.25) is 4.98 Å². The van der Waals surface area contributed by atoms with Crippen LogP contribution in [0, 0.1) is 27.9 Å². The third-order valence-electron chi connectivity index (χ3n) is 19.1. The van der Waals surface area contributed by atoms with Crippen molar-refractivity contribution in [2.75, 3.05) is 0 Å². The Morgan fingerprint density at radius 1 is 0.412 bits per heavy atom. The molecule has 2 aromatic carbocycles. The van der Waals surface area contributed by atoms with Gasteiger partial charge >= 0.3 is 92.1 Å². The van der Waals surface area contributed by atoms with Crippen molar-refractivity contribution in [2.24, 2.45) is 0 Å². The first kappa shape index (κ1) is 73.9. The monoisotopic (exact) mass is 1890 g/mol. The Kier molecular flexibility index (Phi) is 25.4. The van der Waals surface area contributed by atoms with Gasteiger partial charge in [0.15, 0.2) is 0 Å². The molecule has 0 amide bonds. The number of halogens is 3. The normalized spacial score (nSPS) is 13.6. The molecule has 0 aliphatic carbocycles. The van der Waals surface area contributed by atoms with E-state index in [0.29, 0.717) is 33.2 Å². The first-order valence-corrected chi connectivity index (χ1v) is 55.1. The van der Waals surface area contributed by atoms with Crippen molar-refractivity contribution in [1.29, 1.82) is 3.12 Å². The van der Waals surface area contributed by atoms with Gasteiger partial charge in [-0.25, -0.2) is 29.9 Å². The summed E-state index contributed by atoms with van der Waals surface area (Å²) in [6, 6.07) is 18.3. The Morgan fingerprint density at radius 3 is 0.990 bits per heavy atom.